The van der Waals surface area contributed by atoms with Crippen molar-refractivity contribution in [1.29, 1.82) is 0 Å². The first kappa shape index (κ1) is 14.4. The third kappa shape index (κ3) is 4.65. The highest BCUT2D eigenvalue weighted by atomic mass is 16.2. The second-order valence-corrected chi connectivity index (χ2v) is 4.34. The van der Waals surface area contributed by atoms with Crippen LogP contribution in [0.4, 0.5) is 16.2 Å². The Morgan fingerprint density at radius 2 is 1.67 bits per heavy atom. The van der Waals surface area contributed by atoms with Crippen LogP contribution in [0.1, 0.15) is 26.7 Å². The van der Waals surface area contributed by atoms with E-state index in [2.05, 4.69) is 29.8 Å². The van der Waals surface area contributed by atoms with Crippen molar-refractivity contribution in [3.63, 3.8) is 0 Å². The van der Waals surface area contributed by atoms with Crippen molar-refractivity contribution in [1.82, 2.24) is 5.32 Å². The van der Waals surface area contributed by atoms with Gasteiger partial charge in [-0.2, -0.15) is 0 Å². The Bertz CT molecular complexity index is 358. The number of carbonyl (C=O) groups is 1. The first-order valence-corrected chi connectivity index (χ1v) is 6.52. The van der Waals surface area contributed by atoms with E-state index in [1.165, 1.54) is 12.8 Å². The van der Waals surface area contributed by atoms with Crippen molar-refractivity contribution in [3.05, 3.63) is 24.3 Å². The van der Waals surface area contributed by atoms with Crippen molar-refractivity contribution in [2.24, 2.45) is 5.92 Å². The van der Waals surface area contributed by atoms with Crippen LogP contribution < -0.4 is 16.0 Å². The Balaban J connectivity index is 2.47. The molecule has 0 unspecified atom stereocenters. The van der Waals surface area contributed by atoms with Crippen LogP contribution in [0.5, 0.6) is 0 Å². The zero-order valence-electron chi connectivity index (χ0n) is 11.4. The molecule has 0 bridgehead atoms. The maximum Gasteiger partial charge on any atom is 0.318 e. The van der Waals surface area contributed by atoms with Crippen molar-refractivity contribution < 1.29 is 4.79 Å². The molecule has 0 spiro atoms. The van der Waals surface area contributed by atoms with Crippen LogP contribution >= 0.6 is 0 Å². The van der Waals surface area contributed by atoms with Gasteiger partial charge >= 0.3 is 6.03 Å². The average Bonchev–Trinajstić information content (AvgIpc) is 2.41. The number of hydrogen-bond donors (Lipinski definition) is 3. The lowest BCUT2D eigenvalue weighted by Gasteiger charge is -2.14. The maximum atomic E-state index is 11.1. The fraction of sp³-hybridized carbons (Fsp3) is 0.500. The molecule has 4 heteroatoms. The quantitative estimate of drug-likeness (QED) is 0.724. The molecule has 0 aliphatic rings. The van der Waals surface area contributed by atoms with Gasteiger partial charge in [-0.05, 0) is 30.2 Å². The van der Waals surface area contributed by atoms with E-state index >= 15 is 0 Å². The van der Waals surface area contributed by atoms with Gasteiger partial charge < -0.3 is 16.0 Å². The van der Waals surface area contributed by atoms with Gasteiger partial charge in [-0.1, -0.05) is 26.7 Å². The van der Waals surface area contributed by atoms with Gasteiger partial charge in [0, 0.05) is 25.0 Å². The summed E-state index contributed by atoms with van der Waals surface area (Å²) in [6.07, 6.45) is 2.39. The molecular formula is C14H23N3O. The van der Waals surface area contributed by atoms with E-state index in [-0.39, 0.29) is 6.03 Å². The summed E-state index contributed by atoms with van der Waals surface area (Å²) < 4.78 is 0. The van der Waals surface area contributed by atoms with Crippen LogP contribution in [-0.2, 0) is 0 Å². The highest BCUT2D eigenvalue weighted by molar-refractivity contribution is 5.89. The van der Waals surface area contributed by atoms with E-state index in [4.69, 9.17) is 0 Å². The second-order valence-electron chi connectivity index (χ2n) is 4.34. The molecule has 1 rings (SSSR count). The van der Waals surface area contributed by atoms with E-state index in [1.807, 2.05) is 24.3 Å². The summed E-state index contributed by atoms with van der Waals surface area (Å²) in [6, 6.07) is 7.55. The van der Waals surface area contributed by atoms with E-state index < -0.39 is 0 Å². The molecule has 4 nitrogen and oxygen atoms in total. The molecule has 0 aromatic heterocycles. The predicted octanol–water partition coefficient (Wildman–Crippen LogP) is 3.29. The zero-order chi connectivity index (χ0) is 13.4. The van der Waals surface area contributed by atoms with Crippen LogP contribution in [0.2, 0.25) is 0 Å². The highest BCUT2D eigenvalue weighted by Gasteiger charge is 2.03. The van der Waals surface area contributed by atoms with Gasteiger partial charge in [0.05, 0.1) is 0 Å². The molecule has 0 saturated heterocycles. The monoisotopic (exact) mass is 249 g/mol. The van der Waals surface area contributed by atoms with E-state index in [1.54, 1.807) is 7.05 Å². The summed E-state index contributed by atoms with van der Waals surface area (Å²) in [5.74, 6) is 0.716. The standard InChI is InChI=1S/C14H23N3O/c1-4-11(5-2)10-16-12-6-8-13(9-7-12)17-14(18)15-3/h6-9,11,16H,4-5,10H2,1-3H3,(H2,15,17,18). The Morgan fingerprint density at radius 1 is 1.11 bits per heavy atom. The molecule has 100 valence electrons. The van der Waals surface area contributed by atoms with Crippen molar-refractivity contribution in [2.75, 3.05) is 24.2 Å². The minimum atomic E-state index is -0.201. The number of anilines is 2. The summed E-state index contributed by atoms with van der Waals surface area (Å²) in [4.78, 5) is 11.1. The Morgan fingerprint density at radius 3 is 2.17 bits per heavy atom. The summed E-state index contributed by atoms with van der Waals surface area (Å²) in [5.41, 5.74) is 1.88. The lowest BCUT2D eigenvalue weighted by atomic mass is 10.0. The number of amides is 2. The first-order valence-electron chi connectivity index (χ1n) is 6.52. The number of nitrogens with one attached hydrogen (secondary N) is 3. The minimum absolute atomic E-state index is 0.201. The Labute approximate surface area is 109 Å². The largest absolute Gasteiger partial charge is 0.385 e. The lowest BCUT2D eigenvalue weighted by molar-refractivity contribution is 0.254. The van der Waals surface area contributed by atoms with Crippen molar-refractivity contribution in [2.45, 2.75) is 26.7 Å². The minimum Gasteiger partial charge on any atom is -0.385 e. The summed E-state index contributed by atoms with van der Waals surface area (Å²) in [6.45, 7) is 5.42. The fourth-order valence-corrected chi connectivity index (χ4v) is 1.70. The van der Waals surface area contributed by atoms with Gasteiger partial charge in [0.15, 0.2) is 0 Å². The average molecular weight is 249 g/mol. The molecule has 0 radical (unpaired) electrons. The topological polar surface area (TPSA) is 53.2 Å². The number of hydrogen-bond acceptors (Lipinski definition) is 2. The third-order valence-electron chi connectivity index (χ3n) is 3.12. The third-order valence-corrected chi connectivity index (χ3v) is 3.12. The zero-order valence-corrected chi connectivity index (χ0v) is 11.4. The maximum absolute atomic E-state index is 11.1. The van der Waals surface area contributed by atoms with E-state index in [0.717, 1.165) is 17.9 Å². The van der Waals surface area contributed by atoms with Crippen LogP contribution in [0.15, 0.2) is 24.3 Å². The van der Waals surface area contributed by atoms with Crippen molar-refractivity contribution in [3.8, 4) is 0 Å². The van der Waals surface area contributed by atoms with Gasteiger partial charge in [0.2, 0.25) is 0 Å². The molecular weight excluding hydrogens is 226 g/mol. The number of benzene rings is 1. The molecule has 1 aromatic carbocycles. The normalized spacial score (nSPS) is 10.2. The van der Waals surface area contributed by atoms with Crippen LogP contribution in [0, 0.1) is 5.92 Å². The Hall–Kier alpha value is -1.71. The number of urea groups is 1. The molecule has 0 aliphatic heterocycles. The molecule has 1 aromatic rings. The SMILES string of the molecule is CCC(CC)CNc1ccc(NC(=O)NC)cc1. The molecule has 0 fully saturated rings. The van der Waals surface area contributed by atoms with E-state index in [9.17, 15) is 4.79 Å². The summed E-state index contributed by atoms with van der Waals surface area (Å²) in [5, 5.41) is 8.66. The highest BCUT2D eigenvalue weighted by Crippen LogP contribution is 2.15. The molecule has 0 heterocycles. The van der Waals surface area contributed by atoms with Gasteiger partial charge in [-0.25, -0.2) is 4.79 Å². The summed E-state index contributed by atoms with van der Waals surface area (Å²) in [7, 11) is 1.60. The number of rotatable bonds is 6. The Kier molecular flexibility index (Phi) is 6.05. The number of carbonyl (C=O) groups excluding carboxylic acids is 1. The lowest BCUT2D eigenvalue weighted by Crippen LogP contribution is -2.24. The van der Waals surface area contributed by atoms with E-state index in [0.29, 0.717) is 5.92 Å². The fourth-order valence-electron chi connectivity index (χ4n) is 1.70. The van der Waals surface area contributed by atoms with Gasteiger partial charge in [0.25, 0.3) is 0 Å². The molecule has 3 N–H and O–H groups in total. The summed E-state index contributed by atoms with van der Waals surface area (Å²) >= 11 is 0. The molecule has 0 aliphatic carbocycles. The van der Waals surface area contributed by atoms with Gasteiger partial charge in [-0.15, -0.1) is 0 Å². The first-order chi connectivity index (χ1) is 8.69. The smallest absolute Gasteiger partial charge is 0.318 e. The molecule has 0 saturated carbocycles. The van der Waals surface area contributed by atoms with Gasteiger partial charge in [-0.3, -0.25) is 0 Å². The van der Waals surface area contributed by atoms with Crippen LogP contribution in [0.3, 0.4) is 0 Å². The predicted molar refractivity (Wildman–Crippen MR) is 77.1 cm³/mol. The van der Waals surface area contributed by atoms with Crippen LogP contribution in [-0.4, -0.2) is 19.6 Å². The second kappa shape index (κ2) is 7.58. The molecule has 2 amide bonds. The molecule has 0 atom stereocenters. The van der Waals surface area contributed by atoms with Crippen LogP contribution in [0.25, 0.3) is 0 Å². The van der Waals surface area contributed by atoms with Gasteiger partial charge in [0.1, 0.15) is 0 Å². The molecule has 18 heavy (non-hydrogen) atoms. The van der Waals surface area contributed by atoms with Crippen molar-refractivity contribution >= 4 is 17.4 Å².